The molecule has 21 heavy (non-hydrogen) atoms. The van der Waals surface area contributed by atoms with E-state index in [1.165, 1.54) is 17.3 Å². The van der Waals surface area contributed by atoms with Crippen molar-refractivity contribution < 1.29 is 37.8 Å². The Kier molecular flexibility index (Phi) is 6.76. The number of aromatic nitrogens is 2. The topological polar surface area (TPSA) is 121 Å². The number of carbonyl (C=O) groups is 3. The van der Waals surface area contributed by atoms with E-state index in [1.54, 1.807) is 7.05 Å². The van der Waals surface area contributed by atoms with Crippen LogP contribution in [0.15, 0.2) is 12.4 Å². The smallest absolute Gasteiger partial charge is 0.480 e. The number of carboxylic acids is 2. The zero-order chi connectivity index (χ0) is 16.6. The number of anilines is 1. The number of carbonyl (C=O) groups excluding carboxylic acids is 1. The van der Waals surface area contributed by atoms with Gasteiger partial charge in [0.25, 0.3) is 0 Å². The van der Waals surface area contributed by atoms with Gasteiger partial charge in [-0.05, 0) is 0 Å². The Hall–Kier alpha value is -2.72. The SMILES string of the molecule is CN(CC(=O)O)c1ncc(C=O)cn1.O=C(O)C(F)(F)F. The van der Waals surface area contributed by atoms with Gasteiger partial charge in [-0.2, -0.15) is 13.2 Å². The van der Waals surface area contributed by atoms with E-state index < -0.39 is 18.1 Å². The number of nitrogens with zero attached hydrogens (tertiary/aromatic N) is 3. The summed E-state index contributed by atoms with van der Waals surface area (Å²) in [6, 6.07) is 0. The maximum atomic E-state index is 10.6. The van der Waals surface area contributed by atoms with E-state index in [-0.39, 0.29) is 12.5 Å². The highest BCUT2D eigenvalue weighted by Gasteiger charge is 2.38. The zero-order valence-corrected chi connectivity index (χ0v) is 10.5. The van der Waals surface area contributed by atoms with Gasteiger partial charge in [0, 0.05) is 19.4 Å². The molecule has 11 heteroatoms. The molecule has 2 N–H and O–H groups in total. The first-order valence-corrected chi connectivity index (χ1v) is 5.08. The highest BCUT2D eigenvalue weighted by Crippen LogP contribution is 2.13. The molecule has 0 aliphatic rings. The van der Waals surface area contributed by atoms with Crippen molar-refractivity contribution in [1.29, 1.82) is 0 Å². The van der Waals surface area contributed by atoms with Gasteiger partial charge in [0.1, 0.15) is 6.54 Å². The molecule has 0 aromatic carbocycles. The summed E-state index contributed by atoms with van der Waals surface area (Å²) in [4.78, 5) is 38.5. The fraction of sp³-hybridized carbons (Fsp3) is 0.300. The molecule has 0 unspecified atom stereocenters. The third-order valence-electron chi connectivity index (χ3n) is 1.75. The Balaban J connectivity index is 0.000000486. The zero-order valence-electron chi connectivity index (χ0n) is 10.5. The summed E-state index contributed by atoms with van der Waals surface area (Å²) >= 11 is 0. The second-order valence-electron chi connectivity index (χ2n) is 3.49. The number of rotatable bonds is 4. The van der Waals surface area contributed by atoms with E-state index in [9.17, 15) is 22.8 Å². The third-order valence-corrected chi connectivity index (χ3v) is 1.75. The Bertz CT molecular complexity index is 504. The lowest BCUT2D eigenvalue weighted by molar-refractivity contribution is -0.192. The maximum absolute atomic E-state index is 10.6. The minimum absolute atomic E-state index is 0.180. The van der Waals surface area contributed by atoms with E-state index in [0.717, 1.165) is 0 Å². The molecule has 0 aliphatic carbocycles. The molecule has 116 valence electrons. The number of hydrogen-bond donors (Lipinski definition) is 2. The highest BCUT2D eigenvalue weighted by atomic mass is 19.4. The fourth-order valence-corrected chi connectivity index (χ4v) is 0.863. The quantitative estimate of drug-likeness (QED) is 0.769. The monoisotopic (exact) mass is 309 g/mol. The van der Waals surface area contributed by atoms with E-state index in [1.807, 2.05) is 0 Å². The van der Waals surface area contributed by atoms with Crippen molar-refractivity contribution in [2.75, 3.05) is 18.5 Å². The number of aliphatic carboxylic acids is 2. The molecule has 1 heterocycles. The number of carboxylic acid groups (broad SMARTS) is 2. The molecule has 0 radical (unpaired) electrons. The second kappa shape index (κ2) is 7.77. The second-order valence-corrected chi connectivity index (χ2v) is 3.49. The van der Waals surface area contributed by atoms with E-state index in [0.29, 0.717) is 11.8 Å². The predicted molar refractivity (Wildman–Crippen MR) is 62.0 cm³/mol. The number of aldehydes is 1. The summed E-state index contributed by atoms with van der Waals surface area (Å²) in [5.41, 5.74) is 0.359. The summed E-state index contributed by atoms with van der Waals surface area (Å²) in [7, 11) is 1.56. The molecule has 0 atom stereocenters. The molecule has 0 aliphatic heterocycles. The van der Waals surface area contributed by atoms with Crippen molar-refractivity contribution in [3.63, 3.8) is 0 Å². The van der Waals surface area contributed by atoms with Gasteiger partial charge in [0.05, 0.1) is 5.56 Å². The van der Waals surface area contributed by atoms with Gasteiger partial charge in [-0.3, -0.25) is 9.59 Å². The van der Waals surface area contributed by atoms with Crippen LogP contribution < -0.4 is 4.90 Å². The fourth-order valence-electron chi connectivity index (χ4n) is 0.863. The average Bonchev–Trinajstić information content (AvgIpc) is 2.37. The molecule has 0 amide bonds. The lowest BCUT2D eigenvalue weighted by Crippen LogP contribution is -2.26. The molecule has 0 saturated carbocycles. The summed E-state index contributed by atoms with van der Waals surface area (Å²) in [5.74, 6) is -3.44. The molecule has 0 spiro atoms. The van der Waals surface area contributed by atoms with Crippen LogP contribution in [0, 0.1) is 0 Å². The lowest BCUT2D eigenvalue weighted by atomic mass is 10.4. The van der Waals surface area contributed by atoms with Crippen molar-refractivity contribution in [3.8, 4) is 0 Å². The molecule has 1 rings (SSSR count). The van der Waals surface area contributed by atoms with Gasteiger partial charge in [-0.25, -0.2) is 14.8 Å². The van der Waals surface area contributed by atoms with Crippen molar-refractivity contribution in [1.82, 2.24) is 9.97 Å². The van der Waals surface area contributed by atoms with Crippen LogP contribution in [-0.4, -0.2) is 58.2 Å². The van der Waals surface area contributed by atoms with Gasteiger partial charge < -0.3 is 15.1 Å². The third kappa shape index (κ3) is 7.44. The first-order chi connectivity index (χ1) is 9.57. The number of hydrogen-bond acceptors (Lipinski definition) is 6. The standard InChI is InChI=1S/C8H9N3O3.C2HF3O2/c1-11(4-7(13)14)8-9-2-6(5-12)3-10-8;3-2(4,5)1(6)7/h2-3,5H,4H2,1H3,(H,13,14);(H,6,7). The number of likely N-dealkylation sites (N-methyl/N-ethyl adjacent to an activating group) is 1. The average molecular weight is 309 g/mol. The lowest BCUT2D eigenvalue weighted by Gasteiger charge is -2.13. The number of alkyl halides is 3. The van der Waals surface area contributed by atoms with Crippen molar-refractivity contribution in [3.05, 3.63) is 18.0 Å². The summed E-state index contributed by atoms with van der Waals surface area (Å²) in [6.45, 7) is -0.180. The van der Waals surface area contributed by atoms with Gasteiger partial charge in [0.2, 0.25) is 5.95 Å². The van der Waals surface area contributed by atoms with Crippen LogP contribution in [0.2, 0.25) is 0 Å². The molecular formula is C10H10F3N3O5. The number of halogens is 3. The van der Waals surface area contributed by atoms with Crippen LogP contribution in [0.1, 0.15) is 10.4 Å². The largest absolute Gasteiger partial charge is 0.490 e. The maximum Gasteiger partial charge on any atom is 0.490 e. The Morgan fingerprint density at radius 2 is 1.71 bits per heavy atom. The minimum Gasteiger partial charge on any atom is -0.480 e. The molecule has 0 saturated heterocycles. The van der Waals surface area contributed by atoms with Crippen molar-refractivity contribution in [2.24, 2.45) is 0 Å². The van der Waals surface area contributed by atoms with Gasteiger partial charge >= 0.3 is 18.1 Å². The Morgan fingerprint density at radius 1 is 1.29 bits per heavy atom. The van der Waals surface area contributed by atoms with Crippen LogP contribution >= 0.6 is 0 Å². The van der Waals surface area contributed by atoms with E-state index >= 15 is 0 Å². The minimum atomic E-state index is -5.08. The Morgan fingerprint density at radius 3 is 2.00 bits per heavy atom. The van der Waals surface area contributed by atoms with E-state index in [2.05, 4.69) is 9.97 Å². The molecule has 1 aromatic rings. The van der Waals surface area contributed by atoms with Crippen molar-refractivity contribution >= 4 is 24.2 Å². The molecule has 0 fully saturated rings. The van der Waals surface area contributed by atoms with Gasteiger partial charge in [0.15, 0.2) is 6.29 Å². The van der Waals surface area contributed by atoms with Crippen LogP contribution in [0.4, 0.5) is 19.1 Å². The first-order valence-electron chi connectivity index (χ1n) is 5.08. The van der Waals surface area contributed by atoms with Crippen molar-refractivity contribution in [2.45, 2.75) is 6.18 Å². The Labute approximate surface area is 115 Å². The van der Waals surface area contributed by atoms with Gasteiger partial charge in [-0.1, -0.05) is 0 Å². The highest BCUT2D eigenvalue weighted by molar-refractivity contribution is 5.74. The normalized spacial score (nSPS) is 10.1. The molecule has 8 nitrogen and oxygen atoms in total. The first kappa shape index (κ1) is 18.3. The van der Waals surface area contributed by atoms with Gasteiger partial charge in [-0.15, -0.1) is 0 Å². The summed E-state index contributed by atoms with van der Waals surface area (Å²) in [5, 5.41) is 15.6. The molecule has 1 aromatic heterocycles. The van der Waals surface area contributed by atoms with Crippen LogP contribution in [-0.2, 0) is 9.59 Å². The van der Waals surface area contributed by atoms with Crippen LogP contribution in [0.25, 0.3) is 0 Å². The predicted octanol–water partition coefficient (Wildman–Crippen LogP) is 0.443. The summed E-state index contributed by atoms with van der Waals surface area (Å²) in [6.07, 6.45) is -1.78. The van der Waals surface area contributed by atoms with E-state index in [4.69, 9.17) is 15.0 Å². The molecule has 0 bridgehead atoms. The molecular weight excluding hydrogens is 299 g/mol. The summed E-state index contributed by atoms with van der Waals surface area (Å²) < 4.78 is 31.7. The van der Waals surface area contributed by atoms with Crippen LogP contribution in [0.5, 0.6) is 0 Å². The van der Waals surface area contributed by atoms with Crippen LogP contribution in [0.3, 0.4) is 0 Å².